The van der Waals surface area contributed by atoms with Gasteiger partial charge in [-0.2, -0.15) is 0 Å². The highest BCUT2D eigenvalue weighted by atomic mass is 32.2. The number of amides is 2. The fraction of sp³-hybridized carbons (Fsp3) is 0.370. The van der Waals surface area contributed by atoms with Gasteiger partial charge in [0.15, 0.2) is 4.34 Å². The van der Waals surface area contributed by atoms with Crippen LogP contribution in [0.5, 0.6) is 5.75 Å². The molecule has 0 unspecified atom stereocenters. The fourth-order valence-corrected chi connectivity index (χ4v) is 5.71. The van der Waals surface area contributed by atoms with Crippen LogP contribution in [0.15, 0.2) is 58.3 Å². The molecule has 1 aromatic heterocycles. The number of piperazine rings is 1. The maximum absolute atomic E-state index is 12.9. The van der Waals surface area contributed by atoms with E-state index in [-0.39, 0.29) is 17.2 Å². The lowest BCUT2D eigenvalue weighted by Gasteiger charge is -2.36. The van der Waals surface area contributed by atoms with Gasteiger partial charge >= 0.3 is 0 Å². The van der Waals surface area contributed by atoms with Crippen LogP contribution in [0.25, 0.3) is 0 Å². The van der Waals surface area contributed by atoms with Gasteiger partial charge in [-0.05, 0) is 42.5 Å². The fourth-order valence-electron chi connectivity index (χ4n) is 3.85. The number of carbonyl (C=O) groups excluding carboxylic acids is 2. The highest BCUT2D eigenvalue weighted by molar-refractivity contribution is 8.01. The average molecular weight is 525 g/mol. The summed E-state index contributed by atoms with van der Waals surface area (Å²) in [5.41, 5.74) is 3.55. The Balaban J connectivity index is 1.25. The number of carbonyl (C=O) groups is 2. The van der Waals surface area contributed by atoms with E-state index >= 15 is 0 Å². The van der Waals surface area contributed by atoms with E-state index in [0.29, 0.717) is 30.2 Å². The molecule has 7 nitrogen and oxygen atoms in total. The molecule has 3 aromatic rings. The number of anilines is 2. The molecule has 0 saturated carbocycles. The molecule has 1 aliphatic rings. The van der Waals surface area contributed by atoms with Crippen LogP contribution in [0, 0.1) is 0 Å². The van der Waals surface area contributed by atoms with Crippen molar-refractivity contribution in [1.29, 1.82) is 0 Å². The van der Waals surface area contributed by atoms with Crippen molar-refractivity contribution < 1.29 is 14.3 Å². The Morgan fingerprint density at radius 3 is 2.44 bits per heavy atom. The zero-order valence-electron chi connectivity index (χ0n) is 21.1. The second-order valence-corrected chi connectivity index (χ2v) is 11.7. The predicted molar refractivity (Wildman–Crippen MR) is 148 cm³/mol. The van der Waals surface area contributed by atoms with Gasteiger partial charge in [-0.15, -0.1) is 11.3 Å². The Morgan fingerprint density at radius 1 is 1.08 bits per heavy atom. The largest absolute Gasteiger partial charge is 0.497 e. The normalized spacial score (nSPS) is 14.0. The van der Waals surface area contributed by atoms with Gasteiger partial charge in [0, 0.05) is 53.9 Å². The van der Waals surface area contributed by atoms with Crippen molar-refractivity contribution in [3.05, 3.63) is 65.2 Å². The molecule has 2 amide bonds. The molecule has 0 radical (unpaired) electrons. The summed E-state index contributed by atoms with van der Waals surface area (Å²) in [6, 6.07) is 15.1. The third-order valence-electron chi connectivity index (χ3n) is 5.98. The molecule has 2 heterocycles. The number of hydrogen-bond acceptors (Lipinski definition) is 7. The van der Waals surface area contributed by atoms with Crippen molar-refractivity contribution in [2.75, 3.05) is 49.3 Å². The van der Waals surface area contributed by atoms with Crippen molar-refractivity contribution in [2.24, 2.45) is 0 Å². The van der Waals surface area contributed by atoms with E-state index < -0.39 is 0 Å². The molecule has 1 aliphatic heterocycles. The predicted octanol–water partition coefficient (Wildman–Crippen LogP) is 5.14. The summed E-state index contributed by atoms with van der Waals surface area (Å²) in [6.07, 6.45) is 0. The van der Waals surface area contributed by atoms with Gasteiger partial charge in [-0.25, -0.2) is 4.98 Å². The molecular weight excluding hydrogens is 492 g/mol. The van der Waals surface area contributed by atoms with Crippen LogP contribution in [-0.4, -0.2) is 60.7 Å². The number of methoxy groups -OCH3 is 1. The van der Waals surface area contributed by atoms with Crippen molar-refractivity contribution >= 4 is 46.3 Å². The van der Waals surface area contributed by atoms with Crippen molar-refractivity contribution in [2.45, 2.75) is 30.5 Å². The summed E-state index contributed by atoms with van der Waals surface area (Å²) in [4.78, 5) is 34.0. The van der Waals surface area contributed by atoms with Gasteiger partial charge in [0.2, 0.25) is 5.91 Å². The molecule has 36 heavy (non-hydrogen) atoms. The number of thioether (sulfide) groups is 1. The van der Waals surface area contributed by atoms with Crippen LogP contribution in [0.2, 0.25) is 0 Å². The number of benzene rings is 2. The second kappa shape index (κ2) is 11.3. The maximum atomic E-state index is 12.9. The molecule has 0 aliphatic carbocycles. The minimum absolute atomic E-state index is 0.0114. The number of ether oxygens (including phenoxy) is 1. The van der Waals surface area contributed by atoms with Crippen LogP contribution in [0.3, 0.4) is 0 Å². The van der Waals surface area contributed by atoms with Crippen LogP contribution < -0.4 is 15.0 Å². The lowest BCUT2D eigenvalue weighted by molar-refractivity contribution is -0.113. The number of thiazole rings is 1. The topological polar surface area (TPSA) is 74.8 Å². The van der Waals surface area contributed by atoms with Crippen molar-refractivity contribution in [3.63, 3.8) is 0 Å². The average Bonchev–Trinajstić information content (AvgIpc) is 3.38. The van der Waals surface area contributed by atoms with E-state index in [1.165, 1.54) is 11.8 Å². The van der Waals surface area contributed by atoms with E-state index in [0.717, 1.165) is 34.5 Å². The Hall–Kier alpha value is -3.04. The second-order valence-electron chi connectivity index (χ2n) is 9.64. The number of nitrogens with one attached hydrogen (secondary N) is 1. The Labute approximate surface area is 220 Å². The highest BCUT2D eigenvalue weighted by Gasteiger charge is 2.23. The molecule has 9 heteroatoms. The number of aromatic nitrogens is 1. The molecule has 4 rings (SSSR count). The third kappa shape index (κ3) is 6.59. The van der Waals surface area contributed by atoms with E-state index in [1.807, 2.05) is 47.4 Å². The first-order valence-corrected chi connectivity index (χ1v) is 13.8. The number of rotatable bonds is 7. The molecule has 0 atom stereocenters. The van der Waals surface area contributed by atoms with Gasteiger partial charge < -0.3 is 19.9 Å². The summed E-state index contributed by atoms with van der Waals surface area (Å²) < 4.78 is 6.15. The summed E-state index contributed by atoms with van der Waals surface area (Å²) >= 11 is 3.04. The molecular formula is C27H32N4O3S2. The summed E-state index contributed by atoms with van der Waals surface area (Å²) in [7, 11) is 1.60. The van der Waals surface area contributed by atoms with Crippen LogP contribution >= 0.6 is 23.1 Å². The van der Waals surface area contributed by atoms with Gasteiger partial charge in [-0.1, -0.05) is 38.6 Å². The van der Waals surface area contributed by atoms with Crippen LogP contribution in [0.1, 0.15) is 36.8 Å². The van der Waals surface area contributed by atoms with Gasteiger partial charge in [-0.3, -0.25) is 9.59 Å². The summed E-state index contributed by atoms with van der Waals surface area (Å²) in [6.45, 7) is 9.21. The Kier molecular flexibility index (Phi) is 8.21. The zero-order valence-corrected chi connectivity index (χ0v) is 22.7. The van der Waals surface area contributed by atoms with Gasteiger partial charge in [0.05, 0.1) is 18.6 Å². The highest BCUT2D eigenvalue weighted by Crippen LogP contribution is 2.29. The smallest absolute Gasteiger partial charge is 0.254 e. The van der Waals surface area contributed by atoms with Gasteiger partial charge in [0.1, 0.15) is 5.75 Å². The molecule has 2 aromatic carbocycles. The third-order valence-corrected chi connectivity index (χ3v) is 8.00. The van der Waals surface area contributed by atoms with Crippen LogP contribution in [0.4, 0.5) is 11.4 Å². The van der Waals surface area contributed by atoms with Gasteiger partial charge in [0.25, 0.3) is 5.91 Å². The quantitative estimate of drug-likeness (QED) is 0.431. The molecule has 0 bridgehead atoms. The number of hydrogen-bond donors (Lipinski definition) is 1. The summed E-state index contributed by atoms with van der Waals surface area (Å²) in [5, 5.41) is 5.03. The molecule has 1 fully saturated rings. The summed E-state index contributed by atoms with van der Waals surface area (Å²) in [5.74, 6) is 0.979. The molecule has 190 valence electrons. The van der Waals surface area contributed by atoms with Crippen molar-refractivity contribution in [1.82, 2.24) is 9.88 Å². The first kappa shape index (κ1) is 26.0. The minimum atomic E-state index is -0.0510. The molecule has 1 N–H and O–H groups in total. The minimum Gasteiger partial charge on any atom is -0.497 e. The first-order chi connectivity index (χ1) is 17.2. The Morgan fingerprint density at radius 2 is 1.81 bits per heavy atom. The lowest BCUT2D eigenvalue weighted by atomic mass is 9.93. The monoisotopic (exact) mass is 524 g/mol. The van der Waals surface area contributed by atoms with E-state index in [1.54, 1.807) is 24.5 Å². The van der Waals surface area contributed by atoms with Crippen LogP contribution in [-0.2, 0) is 10.2 Å². The van der Waals surface area contributed by atoms with E-state index in [9.17, 15) is 9.59 Å². The zero-order chi connectivity index (χ0) is 25.7. The standard InChI is InChI=1S/C27H32N4O3S2/c1-27(2,3)23-17-35-26(29-23)36-18-24(32)28-20-8-10-21(11-9-20)30-12-14-31(15-13-30)25(33)19-6-5-7-22(16-19)34-4/h5-11,16-17H,12-15,18H2,1-4H3,(H,28,32). The molecule has 1 saturated heterocycles. The SMILES string of the molecule is COc1cccc(C(=O)N2CCN(c3ccc(NC(=O)CSc4nc(C(C)(C)C)cs4)cc3)CC2)c1. The molecule has 0 spiro atoms. The first-order valence-electron chi connectivity index (χ1n) is 11.9. The Bertz CT molecular complexity index is 1200. The lowest BCUT2D eigenvalue weighted by Crippen LogP contribution is -2.48. The van der Waals surface area contributed by atoms with Crippen molar-refractivity contribution in [3.8, 4) is 5.75 Å². The maximum Gasteiger partial charge on any atom is 0.254 e. The van der Waals surface area contributed by atoms with E-state index in [4.69, 9.17) is 4.74 Å². The van der Waals surface area contributed by atoms with E-state index in [2.05, 4.69) is 41.4 Å². The number of nitrogens with zero attached hydrogens (tertiary/aromatic N) is 3.